The number of allylic oxidation sites excluding steroid dienone is 2. The molecular weight excluding hydrogens is 362 g/mol. The molecule has 2 aromatic rings. The van der Waals surface area contributed by atoms with Gasteiger partial charge in [-0.2, -0.15) is 0 Å². The molecule has 1 atom stereocenters. The number of para-hydroxylation sites is 1. The van der Waals surface area contributed by atoms with Crippen molar-refractivity contribution in [2.45, 2.75) is 19.8 Å². The lowest BCUT2D eigenvalue weighted by Gasteiger charge is -2.10. The van der Waals surface area contributed by atoms with Gasteiger partial charge in [-0.1, -0.05) is 23.8 Å². The Bertz CT molecular complexity index is 911. The second kappa shape index (κ2) is 11.4. The highest BCUT2D eigenvalue weighted by atomic mass is 16.3. The van der Waals surface area contributed by atoms with E-state index in [9.17, 15) is 5.11 Å². The maximum Gasteiger partial charge on any atom is 0.301 e. The van der Waals surface area contributed by atoms with Crippen LogP contribution in [-0.4, -0.2) is 23.2 Å². The monoisotopic (exact) mass is 392 g/mol. The minimum Gasteiger partial charge on any atom is -0.507 e. The Labute approximate surface area is 172 Å². The van der Waals surface area contributed by atoms with E-state index in [1.807, 2.05) is 18.2 Å². The summed E-state index contributed by atoms with van der Waals surface area (Å²) in [6.07, 6.45) is 11.6. The molecule has 6 heteroatoms. The molecule has 0 aliphatic carbocycles. The van der Waals surface area contributed by atoms with E-state index in [1.54, 1.807) is 36.7 Å². The molecular formula is C23H30N5O+. The highest BCUT2D eigenvalue weighted by molar-refractivity contribution is 5.84. The molecule has 0 spiro atoms. The number of aromatic hydroxyl groups is 1. The minimum atomic E-state index is 0.158. The molecule has 0 radical (unpaired) electrons. The molecule has 152 valence electrons. The highest BCUT2D eigenvalue weighted by Gasteiger charge is 2.17. The van der Waals surface area contributed by atoms with Gasteiger partial charge in [0.15, 0.2) is 0 Å². The van der Waals surface area contributed by atoms with Gasteiger partial charge in [-0.25, -0.2) is 0 Å². The second-order valence-corrected chi connectivity index (χ2v) is 6.75. The van der Waals surface area contributed by atoms with Crippen molar-refractivity contribution in [2.75, 3.05) is 18.8 Å². The number of hydrogen-bond acceptors (Lipinski definition) is 4. The Balaban J connectivity index is 0.000000212. The van der Waals surface area contributed by atoms with Crippen LogP contribution in [0.15, 0.2) is 60.5 Å². The predicted molar refractivity (Wildman–Crippen MR) is 122 cm³/mol. The zero-order valence-electron chi connectivity index (χ0n) is 16.8. The first-order chi connectivity index (χ1) is 14.1. The number of hydrogen-bond donors (Lipinski definition) is 5. The molecule has 0 saturated carbocycles. The fraction of sp³-hybridized carbons (Fsp3) is 0.261. The van der Waals surface area contributed by atoms with Crippen molar-refractivity contribution in [2.24, 2.45) is 11.7 Å². The predicted octanol–water partition coefficient (Wildman–Crippen LogP) is 4.17. The Hall–Kier alpha value is -3.43. The van der Waals surface area contributed by atoms with Crippen molar-refractivity contribution >= 4 is 17.6 Å². The zero-order chi connectivity index (χ0) is 21.1. The van der Waals surface area contributed by atoms with Gasteiger partial charge in [0, 0.05) is 35.6 Å². The summed E-state index contributed by atoms with van der Waals surface area (Å²) in [5.74, 6) is 1.43. The fourth-order valence-corrected chi connectivity index (χ4v) is 3.22. The lowest BCUT2D eigenvalue weighted by Crippen LogP contribution is -2.10. The maximum atomic E-state index is 9.62. The van der Waals surface area contributed by atoms with Crippen LogP contribution >= 0.6 is 0 Å². The molecule has 0 amide bonds. The number of nitrogens with zero attached hydrogens (tertiary/aromatic N) is 1. The summed E-state index contributed by atoms with van der Waals surface area (Å²) in [5.41, 5.74) is 14.9. The van der Waals surface area contributed by atoms with Crippen molar-refractivity contribution in [3.63, 3.8) is 0 Å². The van der Waals surface area contributed by atoms with Crippen LogP contribution in [0.1, 0.15) is 30.9 Å². The van der Waals surface area contributed by atoms with Crippen molar-refractivity contribution in [1.82, 2.24) is 10.3 Å². The number of rotatable bonds is 5. The van der Waals surface area contributed by atoms with E-state index in [4.69, 9.17) is 18.0 Å². The molecule has 1 aliphatic rings. The molecule has 1 aromatic carbocycles. The third-order valence-electron chi connectivity index (χ3n) is 4.84. The molecule has 6 nitrogen and oxygen atoms in total. The van der Waals surface area contributed by atoms with Crippen LogP contribution in [-0.2, 0) is 0 Å². The highest BCUT2D eigenvalue weighted by Crippen LogP contribution is 2.24. The van der Waals surface area contributed by atoms with Gasteiger partial charge in [0.25, 0.3) is 6.57 Å². The smallest absolute Gasteiger partial charge is 0.301 e. The topological polar surface area (TPSA) is 104 Å². The molecule has 1 fully saturated rings. The van der Waals surface area contributed by atoms with Crippen LogP contribution in [0.2, 0.25) is 0 Å². The van der Waals surface area contributed by atoms with E-state index < -0.39 is 0 Å². The Morgan fingerprint density at radius 3 is 2.72 bits per heavy atom. The van der Waals surface area contributed by atoms with Crippen LogP contribution in [0.3, 0.4) is 0 Å². The number of phenolic OH excluding ortho intramolecular Hbond substituents is 1. The minimum absolute atomic E-state index is 0.158. The number of H-pyrrole nitrogens is 1. The number of nitrogens with one attached hydrogen (secondary N) is 2. The first-order valence-corrected chi connectivity index (χ1v) is 9.66. The van der Waals surface area contributed by atoms with E-state index >= 15 is 0 Å². The number of aromatic nitrogens is 1. The van der Waals surface area contributed by atoms with Crippen molar-refractivity contribution in [3.05, 3.63) is 76.4 Å². The molecule has 1 aromatic heterocycles. The molecule has 2 heterocycles. The summed E-state index contributed by atoms with van der Waals surface area (Å²) in [6.45, 7) is 9.38. The van der Waals surface area contributed by atoms with Crippen LogP contribution in [0.4, 0.5) is 5.82 Å². The van der Waals surface area contributed by atoms with Gasteiger partial charge in [0.1, 0.15) is 11.6 Å². The molecule has 0 bridgehead atoms. The largest absolute Gasteiger partial charge is 0.507 e. The first-order valence-electron chi connectivity index (χ1n) is 9.66. The standard InChI is InChI=1S/C12H13N3O.C11H17N2/c13-10(7-8-5-6-15-12(8)14)9-3-1-2-4-11(9)16;1-3-10(5-4-7-12-2)11-6-8-13-9-11/h1-7,15-16H,13-14H2;2-4,7,11,13H,5-6,8-9H2,1H3/q;+1/b10-7-;7-4?,10-3+/t;11-/m.1/s1. The third-order valence-corrected chi connectivity index (χ3v) is 4.84. The maximum absolute atomic E-state index is 9.62. The van der Waals surface area contributed by atoms with Gasteiger partial charge in [-0.3, -0.25) is 0 Å². The van der Waals surface area contributed by atoms with Gasteiger partial charge in [0.05, 0.1) is 0 Å². The molecule has 0 unspecified atom stereocenters. The average molecular weight is 393 g/mol. The van der Waals surface area contributed by atoms with Crippen molar-refractivity contribution in [3.8, 4) is 12.3 Å². The van der Waals surface area contributed by atoms with Crippen molar-refractivity contribution in [1.29, 1.82) is 0 Å². The molecule has 1 aliphatic heterocycles. The number of benzene rings is 1. The normalized spacial score (nSPS) is 17.0. The van der Waals surface area contributed by atoms with E-state index in [-0.39, 0.29) is 5.75 Å². The van der Waals surface area contributed by atoms with Gasteiger partial charge in [-0.05, 0) is 61.3 Å². The summed E-state index contributed by atoms with van der Waals surface area (Å²) in [4.78, 5) is 6.30. The summed E-state index contributed by atoms with van der Waals surface area (Å²) in [7, 11) is 0. The SMILES string of the molecule is C#[N+]C=CC/C(=C\C)[C@@H]1CCNC1.N/C(=C\c1cc[nH]c1N)c1ccccc1O. The van der Waals surface area contributed by atoms with Gasteiger partial charge in [0.2, 0.25) is 0 Å². The number of phenols is 1. The van der Waals surface area contributed by atoms with Crippen LogP contribution in [0.5, 0.6) is 5.75 Å². The number of nitrogen functional groups attached to an aromatic ring is 1. The molecule has 3 rings (SSSR count). The van der Waals surface area contributed by atoms with Crippen molar-refractivity contribution < 1.29 is 5.11 Å². The summed E-state index contributed by atoms with van der Waals surface area (Å²) >= 11 is 0. The molecule has 29 heavy (non-hydrogen) atoms. The lowest BCUT2D eigenvalue weighted by molar-refractivity contribution is 0.473. The van der Waals surface area contributed by atoms with Crippen LogP contribution < -0.4 is 16.8 Å². The van der Waals surface area contributed by atoms with E-state index in [0.29, 0.717) is 23.0 Å². The quantitative estimate of drug-likeness (QED) is 0.493. The first kappa shape index (κ1) is 21.9. The van der Waals surface area contributed by atoms with Gasteiger partial charge in [-0.15, -0.1) is 0 Å². The third kappa shape index (κ3) is 6.59. The molecule has 7 N–H and O–H groups in total. The Morgan fingerprint density at radius 2 is 2.14 bits per heavy atom. The summed E-state index contributed by atoms with van der Waals surface area (Å²) in [5, 5.41) is 13.0. The average Bonchev–Trinajstić information content (AvgIpc) is 3.39. The van der Waals surface area contributed by atoms with Gasteiger partial charge >= 0.3 is 6.20 Å². The number of anilines is 1. The van der Waals surface area contributed by atoms with Crippen LogP contribution in [0.25, 0.3) is 16.6 Å². The second-order valence-electron chi connectivity index (χ2n) is 6.75. The number of nitrogens with two attached hydrogens (primary N) is 2. The van der Waals surface area contributed by atoms with E-state index in [1.165, 1.54) is 12.0 Å². The lowest BCUT2D eigenvalue weighted by atomic mass is 9.95. The fourth-order valence-electron chi connectivity index (χ4n) is 3.22. The van der Waals surface area contributed by atoms with E-state index in [2.05, 4.69) is 28.1 Å². The Kier molecular flexibility index (Phi) is 8.61. The van der Waals surface area contributed by atoms with Gasteiger partial charge < -0.3 is 26.9 Å². The summed E-state index contributed by atoms with van der Waals surface area (Å²) < 4.78 is 0. The van der Waals surface area contributed by atoms with Crippen LogP contribution in [0, 0.1) is 12.5 Å². The number of aromatic amines is 1. The zero-order valence-corrected chi connectivity index (χ0v) is 16.8. The Morgan fingerprint density at radius 1 is 1.34 bits per heavy atom. The van der Waals surface area contributed by atoms with E-state index in [0.717, 1.165) is 25.1 Å². The molecule has 1 saturated heterocycles. The summed E-state index contributed by atoms with van der Waals surface area (Å²) in [6, 6.07) is 8.73.